The fourth-order valence-electron chi connectivity index (χ4n) is 3.91. The van der Waals surface area contributed by atoms with Crippen molar-refractivity contribution in [1.82, 2.24) is 4.98 Å². The van der Waals surface area contributed by atoms with Gasteiger partial charge in [0.25, 0.3) is 0 Å². The van der Waals surface area contributed by atoms with Gasteiger partial charge in [-0.25, -0.2) is 13.4 Å². The van der Waals surface area contributed by atoms with Crippen molar-refractivity contribution < 1.29 is 17.9 Å². The Hall–Kier alpha value is -2.10. The summed E-state index contributed by atoms with van der Waals surface area (Å²) in [6.45, 7) is 1.35. The number of anilines is 1. The van der Waals surface area contributed by atoms with E-state index in [1.165, 1.54) is 0 Å². The lowest BCUT2D eigenvalue weighted by Gasteiger charge is -2.31. The van der Waals surface area contributed by atoms with E-state index in [0.717, 1.165) is 32.4 Å². The van der Waals surface area contributed by atoms with Gasteiger partial charge < -0.3 is 14.4 Å². The predicted octanol–water partition coefficient (Wildman–Crippen LogP) is 4.96. The Morgan fingerprint density at radius 1 is 1.12 bits per heavy atom. The molecule has 0 bridgehead atoms. The molecule has 2 aromatic carbocycles. The van der Waals surface area contributed by atoms with Crippen LogP contribution in [0.4, 0.5) is 5.13 Å². The van der Waals surface area contributed by atoms with Gasteiger partial charge >= 0.3 is 0 Å². The molecule has 9 heteroatoms. The third-order valence-corrected chi connectivity index (χ3v) is 9.38. The number of ether oxygens (including phenoxy) is 2. The van der Waals surface area contributed by atoms with E-state index >= 15 is 0 Å². The summed E-state index contributed by atoms with van der Waals surface area (Å²) in [7, 11) is -0.0537. The van der Waals surface area contributed by atoms with Crippen LogP contribution in [0.1, 0.15) is 24.1 Å². The highest BCUT2D eigenvalue weighted by molar-refractivity contribution is 9.10. The molecule has 0 saturated carbocycles. The van der Waals surface area contributed by atoms with Crippen LogP contribution < -0.4 is 14.4 Å². The first-order valence-corrected chi connectivity index (χ1v) is 13.5. The first-order valence-electron chi connectivity index (χ1n) is 10.3. The molecule has 1 fully saturated rings. The van der Waals surface area contributed by atoms with Crippen LogP contribution in [-0.4, -0.2) is 46.0 Å². The van der Waals surface area contributed by atoms with Crippen LogP contribution in [-0.2, 0) is 16.3 Å². The van der Waals surface area contributed by atoms with E-state index in [9.17, 15) is 8.42 Å². The number of thiazole rings is 1. The maximum Gasteiger partial charge on any atom is 0.185 e. The first-order chi connectivity index (χ1) is 15.4. The van der Waals surface area contributed by atoms with Crippen molar-refractivity contribution in [3.8, 4) is 11.5 Å². The number of aromatic nitrogens is 1. The lowest BCUT2D eigenvalue weighted by molar-refractivity contribution is 0.391. The van der Waals surface area contributed by atoms with Crippen LogP contribution in [0.2, 0.25) is 0 Å². The third-order valence-electron chi connectivity index (χ3n) is 5.68. The molecule has 0 unspecified atom stereocenters. The zero-order valence-electron chi connectivity index (χ0n) is 18.0. The Labute approximate surface area is 201 Å². The molecule has 3 aromatic rings. The summed E-state index contributed by atoms with van der Waals surface area (Å²) < 4.78 is 37.6. The quantitative estimate of drug-likeness (QED) is 0.425. The Bertz CT molecular complexity index is 1190. The fourth-order valence-corrected chi connectivity index (χ4v) is 7.12. The van der Waals surface area contributed by atoms with E-state index in [0.29, 0.717) is 37.2 Å². The van der Waals surface area contributed by atoms with Gasteiger partial charge in [0.05, 0.1) is 30.1 Å². The Kier molecular flexibility index (Phi) is 7.07. The predicted molar refractivity (Wildman–Crippen MR) is 131 cm³/mol. The number of hydrogen-bond acceptors (Lipinski definition) is 7. The van der Waals surface area contributed by atoms with Gasteiger partial charge in [0.2, 0.25) is 0 Å². The molecule has 0 radical (unpaired) electrons. The topological polar surface area (TPSA) is 68.7 Å². The Morgan fingerprint density at radius 3 is 2.59 bits per heavy atom. The van der Waals surface area contributed by atoms with Crippen LogP contribution in [0.5, 0.6) is 11.5 Å². The number of methoxy groups -OCH3 is 2. The lowest BCUT2D eigenvalue weighted by atomic mass is 10.1. The molecular weight excluding hydrogens is 512 g/mol. The monoisotopic (exact) mass is 536 g/mol. The molecule has 1 saturated heterocycles. The van der Waals surface area contributed by atoms with Crippen molar-refractivity contribution in [3.05, 3.63) is 63.6 Å². The summed E-state index contributed by atoms with van der Waals surface area (Å²) in [4.78, 5) is 7.38. The summed E-state index contributed by atoms with van der Waals surface area (Å²) in [5.41, 5.74) is 2.02. The van der Waals surface area contributed by atoms with Crippen molar-refractivity contribution in [2.75, 3.05) is 32.2 Å². The van der Waals surface area contributed by atoms with Crippen LogP contribution in [0, 0.1) is 0 Å². The lowest BCUT2D eigenvalue weighted by Crippen LogP contribution is -2.39. The molecule has 32 heavy (non-hydrogen) atoms. The van der Waals surface area contributed by atoms with Crippen LogP contribution >= 0.6 is 27.3 Å². The average molecular weight is 538 g/mol. The second-order valence-corrected chi connectivity index (χ2v) is 11.6. The largest absolute Gasteiger partial charge is 0.497 e. The molecule has 6 nitrogen and oxygen atoms in total. The first kappa shape index (κ1) is 23.1. The second-order valence-electron chi connectivity index (χ2n) is 7.66. The number of nitrogens with zero attached hydrogens (tertiary/aromatic N) is 2. The van der Waals surface area contributed by atoms with E-state index in [2.05, 4.69) is 26.2 Å². The minimum Gasteiger partial charge on any atom is -0.497 e. The maximum atomic E-state index is 13.0. The summed E-state index contributed by atoms with van der Waals surface area (Å²) in [6, 6.07) is 12.7. The minimum absolute atomic E-state index is 0.365. The van der Waals surface area contributed by atoms with Crippen molar-refractivity contribution in [1.29, 1.82) is 0 Å². The average Bonchev–Trinajstić information content (AvgIpc) is 3.28. The fraction of sp³-hybridized carbons (Fsp3) is 0.348. The van der Waals surface area contributed by atoms with Crippen LogP contribution in [0.3, 0.4) is 0 Å². The molecule has 4 rings (SSSR count). The molecule has 2 heterocycles. The molecule has 0 amide bonds. The van der Waals surface area contributed by atoms with Gasteiger partial charge in [0, 0.05) is 41.0 Å². The number of sulfone groups is 1. The number of benzene rings is 2. The summed E-state index contributed by atoms with van der Waals surface area (Å²) >= 11 is 4.96. The van der Waals surface area contributed by atoms with E-state index < -0.39 is 9.84 Å². The zero-order chi connectivity index (χ0) is 22.7. The molecule has 1 aromatic heterocycles. The van der Waals surface area contributed by atoms with Crippen molar-refractivity contribution in [3.63, 3.8) is 0 Å². The molecule has 1 aliphatic heterocycles. The zero-order valence-corrected chi connectivity index (χ0v) is 21.2. The van der Waals surface area contributed by atoms with Crippen molar-refractivity contribution in [2.24, 2.45) is 0 Å². The van der Waals surface area contributed by atoms with Crippen molar-refractivity contribution >= 4 is 42.2 Å². The van der Waals surface area contributed by atoms with E-state index in [-0.39, 0.29) is 5.25 Å². The highest BCUT2D eigenvalue weighted by Crippen LogP contribution is 2.32. The second kappa shape index (κ2) is 9.80. The maximum absolute atomic E-state index is 13.0. The molecular formula is C23H25BrN2O4S2. The van der Waals surface area contributed by atoms with E-state index in [1.807, 2.05) is 24.3 Å². The minimum atomic E-state index is -3.34. The molecule has 0 N–H and O–H groups in total. The van der Waals surface area contributed by atoms with Crippen molar-refractivity contribution in [2.45, 2.75) is 29.4 Å². The van der Waals surface area contributed by atoms with Gasteiger partial charge in [-0.1, -0.05) is 28.1 Å². The van der Waals surface area contributed by atoms with Gasteiger partial charge in [-0.3, -0.25) is 0 Å². The number of halogens is 1. The summed E-state index contributed by atoms with van der Waals surface area (Å²) in [5, 5.41) is 2.63. The highest BCUT2D eigenvalue weighted by Gasteiger charge is 2.32. The molecule has 1 aliphatic rings. The normalized spacial score (nSPS) is 15.0. The summed E-state index contributed by atoms with van der Waals surface area (Å²) in [5.74, 6) is 1.53. The van der Waals surface area contributed by atoms with Gasteiger partial charge in [0.1, 0.15) is 11.5 Å². The van der Waals surface area contributed by atoms with Gasteiger partial charge in [-0.15, -0.1) is 11.3 Å². The SMILES string of the molecule is COc1ccc(Cc2csc(N3CCC(S(=O)(=O)c4cccc(Br)c4)CC3)n2)c(OC)c1. The molecule has 0 atom stereocenters. The Balaban J connectivity index is 1.41. The highest BCUT2D eigenvalue weighted by atomic mass is 79.9. The third kappa shape index (κ3) is 4.94. The van der Waals surface area contributed by atoms with E-state index in [4.69, 9.17) is 14.5 Å². The smallest absolute Gasteiger partial charge is 0.185 e. The van der Waals surface area contributed by atoms with E-state index in [1.54, 1.807) is 43.8 Å². The summed E-state index contributed by atoms with van der Waals surface area (Å²) in [6.07, 6.45) is 1.85. The van der Waals surface area contributed by atoms with Gasteiger partial charge in [0.15, 0.2) is 15.0 Å². The van der Waals surface area contributed by atoms with Crippen LogP contribution in [0.25, 0.3) is 0 Å². The Morgan fingerprint density at radius 2 is 1.91 bits per heavy atom. The number of piperidine rings is 1. The number of hydrogen-bond donors (Lipinski definition) is 0. The standard InChI is InChI=1S/C23H25BrN2O4S2/c1-29-19-7-6-16(22(14-19)30-2)12-18-15-31-23(25-18)26-10-8-20(9-11-26)32(27,28)21-5-3-4-17(24)13-21/h3-7,13-15,20H,8-12H2,1-2H3. The molecule has 0 aliphatic carbocycles. The van der Waals surface area contributed by atoms with Gasteiger partial charge in [-0.05, 0) is 37.1 Å². The van der Waals surface area contributed by atoms with Gasteiger partial charge in [-0.2, -0.15) is 0 Å². The van der Waals surface area contributed by atoms with Crippen LogP contribution in [0.15, 0.2) is 57.2 Å². The molecule has 170 valence electrons. The molecule has 0 spiro atoms. The number of rotatable bonds is 7.